The summed E-state index contributed by atoms with van der Waals surface area (Å²) in [7, 11) is 1.96. The van der Waals surface area contributed by atoms with Crippen LogP contribution in [0.25, 0.3) is 11.3 Å². The zero-order valence-corrected chi connectivity index (χ0v) is 11.3. The molecule has 0 atom stereocenters. The number of rotatable bonds is 5. The van der Waals surface area contributed by atoms with Crippen molar-refractivity contribution >= 4 is 0 Å². The summed E-state index contributed by atoms with van der Waals surface area (Å²) < 4.78 is 5.81. The van der Waals surface area contributed by atoms with E-state index in [1.165, 1.54) is 11.1 Å². The predicted molar refractivity (Wildman–Crippen MR) is 73.7 cm³/mol. The molecule has 1 heterocycles. The van der Waals surface area contributed by atoms with Crippen molar-refractivity contribution in [2.75, 3.05) is 13.6 Å². The molecule has 0 amide bonds. The van der Waals surface area contributed by atoms with Gasteiger partial charge in [0.05, 0.1) is 6.20 Å². The molecule has 0 radical (unpaired) electrons. The van der Waals surface area contributed by atoms with Crippen LogP contribution in [-0.4, -0.2) is 18.6 Å². The second-order valence-electron chi connectivity index (χ2n) is 4.64. The van der Waals surface area contributed by atoms with Crippen LogP contribution in [0, 0.1) is 13.8 Å². The van der Waals surface area contributed by atoms with E-state index >= 15 is 0 Å². The standard InChI is InChI=1S/C15H20N2O/c1-11-6-7-12(2)13(9-11)14-10-17-15(18-14)5-4-8-16-3/h6-7,9-10,16H,4-5,8H2,1-3H3. The van der Waals surface area contributed by atoms with Crippen LogP contribution < -0.4 is 5.32 Å². The minimum Gasteiger partial charge on any atom is -0.441 e. The Morgan fingerprint density at radius 2 is 2.11 bits per heavy atom. The van der Waals surface area contributed by atoms with Crippen molar-refractivity contribution in [3.05, 3.63) is 41.4 Å². The van der Waals surface area contributed by atoms with Crippen molar-refractivity contribution in [1.29, 1.82) is 0 Å². The molecule has 1 aromatic heterocycles. The first-order valence-corrected chi connectivity index (χ1v) is 6.37. The maximum absolute atomic E-state index is 5.81. The number of aromatic nitrogens is 1. The summed E-state index contributed by atoms with van der Waals surface area (Å²) in [5.74, 6) is 1.69. The lowest BCUT2D eigenvalue weighted by atomic mass is 10.0. The van der Waals surface area contributed by atoms with Gasteiger partial charge in [0.1, 0.15) is 0 Å². The van der Waals surface area contributed by atoms with Crippen LogP contribution in [0.15, 0.2) is 28.8 Å². The lowest BCUT2D eigenvalue weighted by Gasteiger charge is -2.03. The molecule has 0 spiro atoms. The first-order valence-electron chi connectivity index (χ1n) is 6.37. The van der Waals surface area contributed by atoms with Crippen LogP contribution in [0.4, 0.5) is 0 Å². The smallest absolute Gasteiger partial charge is 0.194 e. The number of nitrogens with zero attached hydrogens (tertiary/aromatic N) is 1. The molecular weight excluding hydrogens is 224 g/mol. The van der Waals surface area contributed by atoms with E-state index in [1.54, 1.807) is 0 Å². The number of benzene rings is 1. The average molecular weight is 244 g/mol. The molecule has 2 rings (SSSR count). The summed E-state index contributed by atoms with van der Waals surface area (Å²) >= 11 is 0. The Kier molecular flexibility index (Phi) is 4.15. The summed E-state index contributed by atoms with van der Waals surface area (Å²) in [5, 5.41) is 3.12. The van der Waals surface area contributed by atoms with Crippen LogP contribution in [0.5, 0.6) is 0 Å². The van der Waals surface area contributed by atoms with Crippen molar-refractivity contribution in [3.63, 3.8) is 0 Å². The Hall–Kier alpha value is -1.61. The maximum Gasteiger partial charge on any atom is 0.194 e. The van der Waals surface area contributed by atoms with Gasteiger partial charge in [-0.05, 0) is 45.5 Å². The fourth-order valence-electron chi connectivity index (χ4n) is 1.97. The zero-order valence-electron chi connectivity index (χ0n) is 11.3. The zero-order chi connectivity index (χ0) is 13.0. The van der Waals surface area contributed by atoms with E-state index in [0.29, 0.717) is 0 Å². The third-order valence-corrected chi connectivity index (χ3v) is 3.03. The molecule has 0 aliphatic heterocycles. The topological polar surface area (TPSA) is 38.1 Å². The number of oxazole rings is 1. The molecule has 0 bridgehead atoms. The van der Waals surface area contributed by atoms with Crippen LogP contribution >= 0.6 is 0 Å². The lowest BCUT2D eigenvalue weighted by molar-refractivity contribution is 0.495. The first-order chi connectivity index (χ1) is 8.70. The Balaban J connectivity index is 2.16. The highest BCUT2D eigenvalue weighted by molar-refractivity contribution is 5.62. The van der Waals surface area contributed by atoms with E-state index in [1.807, 2.05) is 13.2 Å². The quantitative estimate of drug-likeness (QED) is 0.821. The molecule has 0 aliphatic carbocycles. The largest absolute Gasteiger partial charge is 0.441 e. The maximum atomic E-state index is 5.81. The van der Waals surface area contributed by atoms with Crippen molar-refractivity contribution < 1.29 is 4.42 Å². The molecule has 1 aromatic carbocycles. The van der Waals surface area contributed by atoms with Gasteiger partial charge in [-0.1, -0.05) is 17.7 Å². The summed E-state index contributed by atoms with van der Waals surface area (Å²) in [6, 6.07) is 6.38. The number of hydrogen-bond acceptors (Lipinski definition) is 3. The third-order valence-electron chi connectivity index (χ3n) is 3.03. The SMILES string of the molecule is CNCCCc1ncc(-c2cc(C)ccc2C)o1. The van der Waals surface area contributed by atoms with E-state index in [0.717, 1.165) is 36.6 Å². The second-order valence-corrected chi connectivity index (χ2v) is 4.64. The van der Waals surface area contributed by atoms with Gasteiger partial charge in [-0.15, -0.1) is 0 Å². The second kappa shape index (κ2) is 5.83. The van der Waals surface area contributed by atoms with Crippen molar-refractivity contribution in [2.45, 2.75) is 26.7 Å². The molecule has 0 saturated carbocycles. The highest BCUT2D eigenvalue weighted by Crippen LogP contribution is 2.25. The Labute approximate surface area is 108 Å². The number of nitrogens with one attached hydrogen (secondary N) is 1. The van der Waals surface area contributed by atoms with Crippen molar-refractivity contribution in [3.8, 4) is 11.3 Å². The van der Waals surface area contributed by atoms with E-state index in [4.69, 9.17) is 4.42 Å². The van der Waals surface area contributed by atoms with Gasteiger partial charge in [0.2, 0.25) is 0 Å². The monoisotopic (exact) mass is 244 g/mol. The minimum absolute atomic E-state index is 0.821. The minimum atomic E-state index is 0.821. The molecule has 0 aliphatic rings. The van der Waals surface area contributed by atoms with E-state index in [9.17, 15) is 0 Å². The molecular formula is C15H20N2O. The van der Waals surface area contributed by atoms with Crippen LogP contribution in [0.3, 0.4) is 0 Å². The van der Waals surface area contributed by atoms with E-state index < -0.39 is 0 Å². The molecule has 2 aromatic rings. The summed E-state index contributed by atoms with van der Waals surface area (Å²) in [6.07, 6.45) is 3.76. The van der Waals surface area contributed by atoms with Gasteiger partial charge >= 0.3 is 0 Å². The molecule has 0 saturated heterocycles. The summed E-state index contributed by atoms with van der Waals surface area (Å²) in [4.78, 5) is 4.34. The first kappa shape index (κ1) is 12.8. The predicted octanol–water partition coefficient (Wildman–Crippen LogP) is 3.11. The van der Waals surface area contributed by atoms with Crippen molar-refractivity contribution in [2.24, 2.45) is 0 Å². The van der Waals surface area contributed by atoms with Gasteiger partial charge < -0.3 is 9.73 Å². The Morgan fingerprint density at radius 3 is 2.89 bits per heavy atom. The van der Waals surface area contributed by atoms with Gasteiger partial charge in [0, 0.05) is 12.0 Å². The molecule has 0 unspecified atom stereocenters. The fraction of sp³-hybridized carbons (Fsp3) is 0.400. The van der Waals surface area contributed by atoms with Gasteiger partial charge in [0.25, 0.3) is 0 Å². The van der Waals surface area contributed by atoms with Crippen LogP contribution in [-0.2, 0) is 6.42 Å². The van der Waals surface area contributed by atoms with Gasteiger partial charge in [-0.3, -0.25) is 0 Å². The average Bonchev–Trinajstić information content (AvgIpc) is 2.81. The normalized spacial score (nSPS) is 10.8. The van der Waals surface area contributed by atoms with Gasteiger partial charge in [-0.25, -0.2) is 4.98 Å². The van der Waals surface area contributed by atoms with Crippen LogP contribution in [0.2, 0.25) is 0 Å². The number of aryl methyl sites for hydroxylation is 3. The third kappa shape index (κ3) is 2.99. The van der Waals surface area contributed by atoms with Crippen LogP contribution in [0.1, 0.15) is 23.4 Å². The molecule has 3 heteroatoms. The van der Waals surface area contributed by atoms with Gasteiger partial charge in [-0.2, -0.15) is 0 Å². The summed E-state index contributed by atoms with van der Waals surface area (Å²) in [6.45, 7) is 5.17. The summed E-state index contributed by atoms with van der Waals surface area (Å²) in [5.41, 5.74) is 3.60. The molecule has 1 N–H and O–H groups in total. The Bertz CT molecular complexity index is 517. The Morgan fingerprint density at radius 1 is 1.28 bits per heavy atom. The highest BCUT2D eigenvalue weighted by Gasteiger charge is 2.08. The van der Waals surface area contributed by atoms with Gasteiger partial charge in [0.15, 0.2) is 11.7 Å². The van der Waals surface area contributed by atoms with Crippen molar-refractivity contribution in [1.82, 2.24) is 10.3 Å². The fourth-order valence-corrected chi connectivity index (χ4v) is 1.97. The number of hydrogen-bond donors (Lipinski definition) is 1. The molecule has 0 fully saturated rings. The molecule has 3 nitrogen and oxygen atoms in total. The van der Waals surface area contributed by atoms with E-state index in [-0.39, 0.29) is 0 Å². The van der Waals surface area contributed by atoms with E-state index in [2.05, 4.69) is 42.3 Å². The molecule has 96 valence electrons. The molecule has 18 heavy (non-hydrogen) atoms. The highest BCUT2D eigenvalue weighted by atomic mass is 16.4. The lowest BCUT2D eigenvalue weighted by Crippen LogP contribution is -2.08.